The predicted molar refractivity (Wildman–Crippen MR) is 134 cm³/mol. The van der Waals surface area contributed by atoms with E-state index < -0.39 is 7.26 Å². The molecule has 0 aromatic heterocycles. The van der Waals surface area contributed by atoms with Crippen LogP contribution in [0.1, 0.15) is 27.8 Å². The molecule has 31 heavy (non-hydrogen) atoms. The van der Waals surface area contributed by atoms with Gasteiger partial charge in [-0.05, 0) is 69.7 Å². The normalized spacial score (nSPS) is 11.1. The SMILES string of the molecule is Cc1ccc(C[P+](c2ccc(C)cc2)(c2ccc(C)cc2)c2ccc(C)cc2)cc1.[Br-]. The van der Waals surface area contributed by atoms with Gasteiger partial charge >= 0.3 is 0 Å². The Morgan fingerprint density at radius 3 is 0.968 bits per heavy atom. The molecule has 0 radical (unpaired) electrons. The molecule has 0 aliphatic heterocycles. The third-order valence-electron chi connectivity index (χ3n) is 5.96. The lowest BCUT2D eigenvalue weighted by atomic mass is 10.2. The molecule has 158 valence electrons. The Morgan fingerprint density at radius 1 is 0.419 bits per heavy atom. The van der Waals surface area contributed by atoms with E-state index in [0.29, 0.717) is 0 Å². The second-order valence-electron chi connectivity index (χ2n) is 8.46. The lowest BCUT2D eigenvalue weighted by Crippen LogP contribution is -3.00. The molecule has 0 saturated carbocycles. The molecule has 0 bridgehead atoms. The summed E-state index contributed by atoms with van der Waals surface area (Å²) in [6.07, 6.45) is 1.03. The standard InChI is InChI=1S/C29H30P.BrH/c1-22-5-13-26(14-6-22)21-30(27-15-7-23(2)8-16-27,28-17-9-24(3)10-18-28)29-19-11-25(4)12-20-29;/h5-20H,21H2,1-4H3;1H/q+1;/p-1. The molecule has 0 heterocycles. The van der Waals surface area contributed by atoms with Gasteiger partial charge in [-0.15, -0.1) is 0 Å². The van der Waals surface area contributed by atoms with Gasteiger partial charge in [0.1, 0.15) is 23.2 Å². The quantitative estimate of drug-likeness (QED) is 0.377. The molecule has 0 saturated heterocycles. The van der Waals surface area contributed by atoms with Crippen LogP contribution in [-0.4, -0.2) is 0 Å². The highest BCUT2D eigenvalue weighted by atomic mass is 79.9. The lowest BCUT2D eigenvalue weighted by Gasteiger charge is -2.28. The van der Waals surface area contributed by atoms with Gasteiger partial charge in [-0.25, -0.2) is 0 Å². The van der Waals surface area contributed by atoms with Crippen LogP contribution in [0.25, 0.3) is 0 Å². The third kappa shape index (κ3) is 5.00. The second kappa shape index (κ2) is 9.94. The Labute approximate surface area is 198 Å². The zero-order chi connectivity index (χ0) is 21.1. The van der Waals surface area contributed by atoms with Crippen molar-refractivity contribution >= 4 is 23.2 Å². The van der Waals surface area contributed by atoms with Crippen molar-refractivity contribution in [3.8, 4) is 0 Å². The van der Waals surface area contributed by atoms with E-state index in [1.54, 1.807) is 0 Å². The molecule has 4 aromatic carbocycles. The number of benzene rings is 4. The summed E-state index contributed by atoms with van der Waals surface area (Å²) in [6.45, 7) is 8.66. The molecular formula is C29H30BrP. The fourth-order valence-corrected chi connectivity index (χ4v) is 8.26. The number of rotatable bonds is 5. The monoisotopic (exact) mass is 488 g/mol. The van der Waals surface area contributed by atoms with Crippen molar-refractivity contribution in [1.29, 1.82) is 0 Å². The van der Waals surface area contributed by atoms with Gasteiger partial charge in [-0.2, -0.15) is 0 Å². The van der Waals surface area contributed by atoms with Gasteiger partial charge in [-0.3, -0.25) is 0 Å². The van der Waals surface area contributed by atoms with Crippen LogP contribution in [0.5, 0.6) is 0 Å². The molecule has 2 heteroatoms. The summed E-state index contributed by atoms with van der Waals surface area (Å²) in [7, 11) is -1.85. The summed E-state index contributed by atoms with van der Waals surface area (Å²) in [6, 6.07) is 36.8. The maximum Gasteiger partial charge on any atom is 0.116 e. The molecule has 0 N–H and O–H groups in total. The van der Waals surface area contributed by atoms with Crippen LogP contribution < -0.4 is 32.9 Å². The van der Waals surface area contributed by atoms with E-state index in [-0.39, 0.29) is 17.0 Å². The van der Waals surface area contributed by atoms with E-state index >= 15 is 0 Å². The van der Waals surface area contributed by atoms with E-state index in [4.69, 9.17) is 0 Å². The van der Waals surface area contributed by atoms with Gasteiger partial charge in [0.15, 0.2) is 0 Å². The average molecular weight is 489 g/mol. The highest BCUT2D eigenvalue weighted by Gasteiger charge is 2.45. The third-order valence-corrected chi connectivity index (χ3v) is 10.3. The molecule has 0 aliphatic carbocycles. The number of hydrogen-bond acceptors (Lipinski definition) is 0. The summed E-state index contributed by atoms with van der Waals surface area (Å²) in [5, 5.41) is 4.34. The van der Waals surface area contributed by atoms with Crippen LogP contribution in [-0.2, 0) is 6.16 Å². The van der Waals surface area contributed by atoms with Gasteiger partial charge in [-0.1, -0.05) is 82.9 Å². The van der Waals surface area contributed by atoms with Crippen molar-refractivity contribution in [3.05, 3.63) is 125 Å². The molecule has 0 amide bonds. The molecule has 0 nitrogen and oxygen atoms in total. The van der Waals surface area contributed by atoms with Crippen molar-refractivity contribution in [1.82, 2.24) is 0 Å². The predicted octanol–water partition coefficient (Wildman–Crippen LogP) is 3.42. The maximum atomic E-state index is 2.36. The fourth-order valence-electron chi connectivity index (χ4n) is 4.09. The summed E-state index contributed by atoms with van der Waals surface area (Å²) < 4.78 is 0. The van der Waals surface area contributed by atoms with Crippen LogP contribution in [0.3, 0.4) is 0 Å². The lowest BCUT2D eigenvalue weighted by molar-refractivity contribution is -0.00000621. The largest absolute Gasteiger partial charge is 1.00 e. The van der Waals surface area contributed by atoms with E-state index in [0.717, 1.165) is 6.16 Å². The summed E-state index contributed by atoms with van der Waals surface area (Å²) >= 11 is 0. The maximum absolute atomic E-state index is 2.36. The summed E-state index contributed by atoms with van der Waals surface area (Å²) in [5.74, 6) is 0. The molecular weight excluding hydrogens is 459 g/mol. The average Bonchev–Trinajstić information content (AvgIpc) is 2.75. The van der Waals surface area contributed by atoms with Crippen LogP contribution >= 0.6 is 7.26 Å². The molecule has 4 aromatic rings. The first kappa shape index (κ1) is 23.5. The highest BCUT2D eigenvalue weighted by Crippen LogP contribution is 2.58. The number of halogens is 1. The number of hydrogen-bond donors (Lipinski definition) is 0. The van der Waals surface area contributed by atoms with Gasteiger partial charge in [0.2, 0.25) is 0 Å². The molecule has 0 atom stereocenters. The first-order chi connectivity index (χ1) is 14.5. The molecule has 0 aliphatic rings. The van der Waals surface area contributed by atoms with Crippen molar-refractivity contribution in [2.24, 2.45) is 0 Å². The van der Waals surface area contributed by atoms with Gasteiger partial charge in [0.25, 0.3) is 0 Å². The van der Waals surface area contributed by atoms with Crippen LogP contribution in [0.4, 0.5) is 0 Å². The number of aryl methyl sites for hydroxylation is 4. The Bertz CT molecular complexity index is 999. The van der Waals surface area contributed by atoms with Crippen molar-refractivity contribution in [3.63, 3.8) is 0 Å². The van der Waals surface area contributed by atoms with Gasteiger partial charge < -0.3 is 17.0 Å². The van der Waals surface area contributed by atoms with E-state index in [1.807, 2.05) is 0 Å². The highest BCUT2D eigenvalue weighted by molar-refractivity contribution is 7.95. The molecule has 0 fully saturated rings. The topological polar surface area (TPSA) is 0 Å². The van der Waals surface area contributed by atoms with E-state index in [1.165, 1.54) is 43.7 Å². The summed E-state index contributed by atoms with van der Waals surface area (Å²) in [5.41, 5.74) is 6.62. The Kier molecular flexibility index (Phi) is 7.52. The second-order valence-corrected chi connectivity index (χ2v) is 11.9. The molecule has 4 rings (SSSR count). The first-order valence-corrected chi connectivity index (χ1v) is 12.6. The van der Waals surface area contributed by atoms with Crippen LogP contribution in [0.15, 0.2) is 97.1 Å². The van der Waals surface area contributed by atoms with Crippen molar-refractivity contribution < 1.29 is 17.0 Å². The Hall–Kier alpha value is -2.21. The fraction of sp³-hybridized carbons (Fsp3) is 0.172. The van der Waals surface area contributed by atoms with Crippen LogP contribution in [0, 0.1) is 27.7 Å². The van der Waals surface area contributed by atoms with Gasteiger partial charge in [0, 0.05) is 0 Å². The minimum absolute atomic E-state index is 0. The van der Waals surface area contributed by atoms with Crippen molar-refractivity contribution in [2.45, 2.75) is 33.9 Å². The Balaban J connectivity index is 0.00000272. The smallest absolute Gasteiger partial charge is 0.116 e. The zero-order valence-electron chi connectivity index (χ0n) is 18.8. The van der Waals surface area contributed by atoms with E-state index in [2.05, 4.69) is 125 Å². The van der Waals surface area contributed by atoms with Gasteiger partial charge in [0.05, 0.1) is 6.16 Å². The zero-order valence-corrected chi connectivity index (χ0v) is 21.3. The minimum atomic E-state index is -1.85. The minimum Gasteiger partial charge on any atom is -1.00 e. The Morgan fingerprint density at radius 2 is 0.677 bits per heavy atom. The van der Waals surface area contributed by atoms with Crippen LogP contribution in [0.2, 0.25) is 0 Å². The van der Waals surface area contributed by atoms with E-state index in [9.17, 15) is 0 Å². The summed E-state index contributed by atoms with van der Waals surface area (Å²) in [4.78, 5) is 0. The van der Waals surface area contributed by atoms with Crippen molar-refractivity contribution in [2.75, 3.05) is 0 Å². The molecule has 0 spiro atoms. The first-order valence-electron chi connectivity index (χ1n) is 10.6. The molecule has 0 unspecified atom stereocenters.